The van der Waals surface area contributed by atoms with Crippen molar-refractivity contribution in [2.75, 3.05) is 26.6 Å². The van der Waals surface area contributed by atoms with Crippen molar-refractivity contribution in [3.05, 3.63) is 82.9 Å². The molecule has 0 spiro atoms. The third-order valence-corrected chi connectivity index (χ3v) is 4.67. The summed E-state index contributed by atoms with van der Waals surface area (Å²) in [5.74, 6) is 1.57. The molecule has 0 aromatic heterocycles. The number of hydrogen-bond acceptors (Lipinski definition) is 4. The predicted octanol–water partition coefficient (Wildman–Crippen LogP) is 5.44. The Labute approximate surface area is 176 Å². The second-order valence-corrected chi connectivity index (χ2v) is 6.72. The Balaban J connectivity index is 1.98. The summed E-state index contributed by atoms with van der Waals surface area (Å²) in [5, 5.41) is 2.94. The van der Waals surface area contributed by atoms with E-state index in [0.717, 1.165) is 16.9 Å². The van der Waals surface area contributed by atoms with Crippen LogP contribution in [0.1, 0.15) is 27.0 Å². The molecule has 0 aliphatic carbocycles. The van der Waals surface area contributed by atoms with Gasteiger partial charge >= 0.3 is 0 Å². The van der Waals surface area contributed by atoms with Gasteiger partial charge in [-0.25, -0.2) is 0 Å². The lowest BCUT2D eigenvalue weighted by Crippen LogP contribution is -2.15. The zero-order chi connectivity index (χ0) is 21.5. The fourth-order valence-electron chi connectivity index (χ4n) is 3.00. The van der Waals surface area contributed by atoms with Gasteiger partial charge in [-0.2, -0.15) is 0 Å². The summed E-state index contributed by atoms with van der Waals surface area (Å²) < 4.78 is 16.1. The quantitative estimate of drug-likeness (QED) is 0.534. The molecule has 0 aliphatic heterocycles. The van der Waals surface area contributed by atoms with Gasteiger partial charge in [-0.1, -0.05) is 42.0 Å². The Bertz CT molecular complexity index is 1040. The van der Waals surface area contributed by atoms with Crippen molar-refractivity contribution in [2.45, 2.75) is 6.92 Å². The van der Waals surface area contributed by atoms with E-state index in [0.29, 0.717) is 28.3 Å². The summed E-state index contributed by atoms with van der Waals surface area (Å²) in [5.41, 5.74) is 3.93. The number of ether oxygens (including phenoxy) is 3. The van der Waals surface area contributed by atoms with Crippen LogP contribution >= 0.6 is 0 Å². The molecule has 0 fully saturated rings. The van der Waals surface area contributed by atoms with E-state index in [1.165, 1.54) is 7.11 Å². The SMILES string of the molecule is COc1ccc(/C=C/c2cc(OC)cc(OC)c2C(=O)Nc2ccc(C)cc2)cc1. The van der Waals surface area contributed by atoms with E-state index in [4.69, 9.17) is 14.2 Å². The van der Waals surface area contributed by atoms with Crippen LogP contribution in [0.4, 0.5) is 5.69 Å². The third-order valence-electron chi connectivity index (χ3n) is 4.67. The number of rotatable bonds is 7. The van der Waals surface area contributed by atoms with Gasteiger partial charge in [0.25, 0.3) is 5.91 Å². The minimum absolute atomic E-state index is 0.257. The summed E-state index contributed by atoms with van der Waals surface area (Å²) >= 11 is 0. The minimum Gasteiger partial charge on any atom is -0.497 e. The highest BCUT2D eigenvalue weighted by Crippen LogP contribution is 2.31. The van der Waals surface area contributed by atoms with E-state index in [1.807, 2.05) is 73.7 Å². The first-order valence-corrected chi connectivity index (χ1v) is 9.50. The van der Waals surface area contributed by atoms with E-state index >= 15 is 0 Å². The molecule has 154 valence electrons. The number of benzene rings is 3. The van der Waals surface area contributed by atoms with E-state index in [-0.39, 0.29) is 5.91 Å². The number of nitrogens with one attached hydrogen (secondary N) is 1. The molecular formula is C25H25NO4. The lowest BCUT2D eigenvalue weighted by atomic mass is 10.0. The highest BCUT2D eigenvalue weighted by atomic mass is 16.5. The average molecular weight is 403 g/mol. The van der Waals surface area contributed by atoms with E-state index in [2.05, 4.69) is 5.32 Å². The smallest absolute Gasteiger partial charge is 0.260 e. The highest BCUT2D eigenvalue weighted by molar-refractivity contribution is 6.09. The molecule has 3 aromatic carbocycles. The first-order valence-electron chi connectivity index (χ1n) is 9.50. The summed E-state index contributed by atoms with van der Waals surface area (Å²) in [6.07, 6.45) is 3.80. The van der Waals surface area contributed by atoms with Crippen molar-refractivity contribution < 1.29 is 19.0 Å². The number of anilines is 1. The largest absolute Gasteiger partial charge is 0.497 e. The van der Waals surface area contributed by atoms with Crippen LogP contribution in [-0.2, 0) is 0 Å². The van der Waals surface area contributed by atoms with Crippen LogP contribution in [0.2, 0.25) is 0 Å². The van der Waals surface area contributed by atoms with Crippen molar-refractivity contribution in [3.8, 4) is 17.2 Å². The van der Waals surface area contributed by atoms with E-state index in [9.17, 15) is 4.79 Å². The highest BCUT2D eigenvalue weighted by Gasteiger charge is 2.18. The Kier molecular flexibility index (Phi) is 6.75. The van der Waals surface area contributed by atoms with Crippen LogP contribution in [0.15, 0.2) is 60.7 Å². The Morgan fingerprint density at radius 3 is 2.07 bits per heavy atom. The van der Waals surface area contributed by atoms with E-state index < -0.39 is 0 Å². The lowest BCUT2D eigenvalue weighted by Gasteiger charge is -2.14. The van der Waals surface area contributed by atoms with E-state index in [1.54, 1.807) is 20.3 Å². The molecule has 3 aromatic rings. The maximum absolute atomic E-state index is 13.1. The van der Waals surface area contributed by atoms with Crippen LogP contribution in [0.3, 0.4) is 0 Å². The van der Waals surface area contributed by atoms with Crippen molar-refractivity contribution in [2.24, 2.45) is 0 Å². The second kappa shape index (κ2) is 9.65. The molecule has 0 atom stereocenters. The number of carbonyl (C=O) groups is 1. The molecule has 1 amide bonds. The average Bonchev–Trinajstić information content (AvgIpc) is 2.78. The van der Waals surface area contributed by atoms with Gasteiger partial charge in [0, 0.05) is 11.8 Å². The molecule has 30 heavy (non-hydrogen) atoms. The zero-order valence-electron chi connectivity index (χ0n) is 17.6. The number of hydrogen-bond donors (Lipinski definition) is 1. The molecular weight excluding hydrogens is 378 g/mol. The normalized spacial score (nSPS) is 10.7. The van der Waals surface area contributed by atoms with Crippen LogP contribution in [0.5, 0.6) is 17.2 Å². The molecule has 3 rings (SSSR count). The van der Waals surface area contributed by atoms with Crippen LogP contribution in [0.25, 0.3) is 12.2 Å². The molecule has 1 N–H and O–H groups in total. The lowest BCUT2D eigenvalue weighted by molar-refractivity contribution is 0.102. The van der Waals surface area contributed by atoms with Crippen molar-refractivity contribution >= 4 is 23.7 Å². The first kappa shape index (κ1) is 21.0. The Hall–Kier alpha value is -3.73. The molecule has 0 saturated carbocycles. The molecule has 0 unspecified atom stereocenters. The standard InChI is InChI=1S/C25H25NO4/c1-17-5-11-20(12-6-17)26-25(27)24-19(15-22(29-3)16-23(24)30-4)10-7-18-8-13-21(28-2)14-9-18/h5-16H,1-4H3,(H,26,27)/b10-7+. The van der Waals surface area contributed by atoms with Gasteiger partial charge in [-0.15, -0.1) is 0 Å². The van der Waals surface area contributed by atoms with Crippen molar-refractivity contribution in [1.29, 1.82) is 0 Å². The molecule has 0 bridgehead atoms. The maximum Gasteiger partial charge on any atom is 0.260 e. The van der Waals surface area contributed by atoms with Gasteiger partial charge in [-0.05, 0) is 48.4 Å². The summed E-state index contributed by atoms with van der Waals surface area (Å²) in [7, 11) is 4.75. The summed E-state index contributed by atoms with van der Waals surface area (Å²) in [6.45, 7) is 2.00. The van der Waals surface area contributed by atoms with Gasteiger partial charge in [0.15, 0.2) is 0 Å². The van der Waals surface area contributed by atoms with Crippen LogP contribution < -0.4 is 19.5 Å². The molecule has 5 nitrogen and oxygen atoms in total. The summed E-state index contributed by atoms with van der Waals surface area (Å²) in [6, 6.07) is 18.8. The van der Waals surface area contributed by atoms with Crippen LogP contribution in [-0.4, -0.2) is 27.2 Å². The number of methoxy groups -OCH3 is 3. The molecule has 0 radical (unpaired) electrons. The molecule has 0 heterocycles. The molecule has 0 aliphatic rings. The maximum atomic E-state index is 13.1. The van der Waals surface area contributed by atoms with Gasteiger partial charge in [-0.3, -0.25) is 4.79 Å². The minimum atomic E-state index is -0.257. The monoisotopic (exact) mass is 403 g/mol. The zero-order valence-corrected chi connectivity index (χ0v) is 17.6. The van der Waals surface area contributed by atoms with Gasteiger partial charge in [0.1, 0.15) is 17.2 Å². The van der Waals surface area contributed by atoms with Crippen LogP contribution in [0, 0.1) is 6.92 Å². The van der Waals surface area contributed by atoms with Crippen molar-refractivity contribution in [1.82, 2.24) is 0 Å². The molecule has 5 heteroatoms. The number of carbonyl (C=O) groups excluding carboxylic acids is 1. The number of aryl methyl sites for hydroxylation is 1. The fraction of sp³-hybridized carbons (Fsp3) is 0.160. The van der Waals surface area contributed by atoms with Gasteiger partial charge in [0.05, 0.1) is 26.9 Å². The van der Waals surface area contributed by atoms with Gasteiger partial charge < -0.3 is 19.5 Å². The topological polar surface area (TPSA) is 56.8 Å². The second-order valence-electron chi connectivity index (χ2n) is 6.72. The Morgan fingerprint density at radius 2 is 1.47 bits per heavy atom. The Morgan fingerprint density at radius 1 is 0.800 bits per heavy atom. The first-order chi connectivity index (χ1) is 14.5. The van der Waals surface area contributed by atoms with Crippen molar-refractivity contribution in [3.63, 3.8) is 0 Å². The molecule has 0 saturated heterocycles. The fourth-order valence-corrected chi connectivity index (χ4v) is 3.00. The summed E-state index contributed by atoms with van der Waals surface area (Å²) in [4.78, 5) is 13.1. The third kappa shape index (κ3) is 5.00. The van der Waals surface area contributed by atoms with Gasteiger partial charge in [0.2, 0.25) is 0 Å². The number of amides is 1. The predicted molar refractivity (Wildman–Crippen MR) is 121 cm³/mol.